The van der Waals surface area contributed by atoms with Gasteiger partial charge in [0, 0.05) is 48.9 Å². The van der Waals surface area contributed by atoms with Crippen molar-refractivity contribution in [3.05, 3.63) is 59.2 Å². The van der Waals surface area contributed by atoms with E-state index >= 15 is 4.79 Å². The number of likely N-dealkylation sites (N-methyl/N-ethyl adjacent to an activating group) is 1. The summed E-state index contributed by atoms with van der Waals surface area (Å²) < 4.78 is 6.26. The number of carbonyl (C=O) groups excluding carboxylic acids is 12. The van der Waals surface area contributed by atoms with Crippen LogP contribution in [0.3, 0.4) is 0 Å². The molecule has 0 spiro atoms. The lowest BCUT2D eigenvalue weighted by Crippen LogP contribution is -2.61. The monoisotopic (exact) mass is 1480 g/mol. The van der Waals surface area contributed by atoms with Crippen molar-refractivity contribution in [3.8, 4) is 11.5 Å². The minimum Gasteiger partial charge on any atom is -0.508 e. The van der Waals surface area contributed by atoms with Crippen LogP contribution in [0.4, 0.5) is 0 Å². The van der Waals surface area contributed by atoms with E-state index in [4.69, 9.17) is 25.9 Å². The van der Waals surface area contributed by atoms with Crippen molar-refractivity contribution < 1.29 is 91.9 Å². The predicted molar refractivity (Wildman–Crippen MR) is 382 cm³/mol. The molecule has 1 unspecified atom stereocenters. The molecule has 5 rings (SSSR count). The largest absolute Gasteiger partial charge is 0.508 e. The summed E-state index contributed by atoms with van der Waals surface area (Å²) in [7, 11) is 2.70. The SMILES string of the molecule is CN[C@@H](CSCc1cc2cc(c1)OCCCCCCO/N=C/C(=O)N[C@@H](CCCCN)C(=O)N[C@H](C(=O)N1CCC[C@H]1C(=O)N[C@@H](CC(C)C)C(=O)N[C@@H](CC(=O)OOC)C(=O)NC(C(=O)N1CCC[C@H]1C(=O)N[C@@H](Cc1ccc(O)cc1)C(=O)N[C@H](C=O)CCC(=O)O)C(C)C)CSC2)C(N)=O. The number of hydrogen-bond donors (Lipinski definition) is 12. The summed E-state index contributed by atoms with van der Waals surface area (Å²) in [5.41, 5.74) is 13.6. The molecule has 103 heavy (non-hydrogen) atoms. The molecule has 32 nitrogen and oxygen atoms in total. The molecule has 3 heterocycles. The number of ether oxygens (including phenoxy) is 1. The van der Waals surface area contributed by atoms with E-state index < -0.39 is 150 Å². The number of nitrogens with one attached hydrogen (secondary N) is 8. The Morgan fingerprint density at radius 1 is 0.796 bits per heavy atom. The van der Waals surface area contributed by atoms with Gasteiger partial charge in [-0.3, -0.25) is 57.6 Å². The van der Waals surface area contributed by atoms with Gasteiger partial charge in [-0.15, -0.1) is 0 Å². The smallest absolute Gasteiger partial charge is 0.344 e. The number of primary amides is 1. The highest BCUT2D eigenvalue weighted by atomic mass is 32.2. The van der Waals surface area contributed by atoms with Gasteiger partial charge in [-0.2, -0.15) is 28.4 Å². The van der Waals surface area contributed by atoms with Gasteiger partial charge in [0.1, 0.15) is 78.9 Å². The molecule has 2 fully saturated rings. The van der Waals surface area contributed by atoms with Crippen molar-refractivity contribution in [2.24, 2.45) is 28.5 Å². The summed E-state index contributed by atoms with van der Waals surface area (Å²) in [4.78, 5) is 195. The quantitative estimate of drug-likeness (QED) is 0.0200. The molecule has 0 radical (unpaired) electrons. The summed E-state index contributed by atoms with van der Waals surface area (Å²) >= 11 is 2.83. The topological polar surface area (TPSA) is 466 Å². The first-order valence-electron chi connectivity index (χ1n) is 34.9. The Balaban J connectivity index is 1.39. The maximum absolute atomic E-state index is 15.2. The number of amides is 10. The highest BCUT2D eigenvalue weighted by Gasteiger charge is 2.43. The van der Waals surface area contributed by atoms with E-state index in [1.165, 1.54) is 57.6 Å². The van der Waals surface area contributed by atoms with Crippen LogP contribution in [0.15, 0.2) is 47.6 Å². The molecule has 34 heteroatoms. The fraction of sp³-hybridized carbons (Fsp3) is 0.623. The summed E-state index contributed by atoms with van der Waals surface area (Å²) in [6.45, 7) is 7.81. The third kappa shape index (κ3) is 29.2. The zero-order valence-electron chi connectivity index (χ0n) is 59.4. The number of nitrogens with zero attached hydrogens (tertiary/aromatic N) is 3. The maximum Gasteiger partial charge on any atom is 0.344 e. The second-order valence-electron chi connectivity index (χ2n) is 26.3. The molecular formula is C69H103N13O19S2. The number of benzene rings is 2. The molecule has 10 atom stereocenters. The molecule has 14 N–H and O–H groups in total. The Morgan fingerprint density at radius 3 is 2.10 bits per heavy atom. The minimum atomic E-state index is -1.78. The van der Waals surface area contributed by atoms with Crippen molar-refractivity contribution >= 4 is 107 Å². The second-order valence-corrected chi connectivity index (χ2v) is 28.4. The zero-order chi connectivity index (χ0) is 75.5. The number of rotatable bonds is 34. The number of hydrogen-bond acceptors (Lipinski definition) is 23. The lowest BCUT2D eigenvalue weighted by atomic mass is 10.00. The van der Waals surface area contributed by atoms with Gasteiger partial charge in [0.05, 0.1) is 32.2 Å². The predicted octanol–water partition coefficient (Wildman–Crippen LogP) is 0.895. The normalized spacial score (nSPS) is 19.9. The van der Waals surface area contributed by atoms with Gasteiger partial charge < -0.3 is 88.4 Å². The first-order valence-corrected chi connectivity index (χ1v) is 37.2. The summed E-state index contributed by atoms with van der Waals surface area (Å²) in [5, 5.41) is 44.5. The minimum absolute atomic E-state index is 0.0234. The summed E-state index contributed by atoms with van der Waals surface area (Å²) in [6.07, 6.45) is 4.63. The van der Waals surface area contributed by atoms with Crippen molar-refractivity contribution in [1.29, 1.82) is 0 Å². The number of oxime groups is 1. The third-order valence-corrected chi connectivity index (χ3v) is 19.5. The van der Waals surface area contributed by atoms with Gasteiger partial charge >= 0.3 is 11.9 Å². The van der Waals surface area contributed by atoms with Gasteiger partial charge in [0.2, 0.25) is 53.2 Å². The average molecular weight is 1480 g/mol. The van der Waals surface area contributed by atoms with Crippen LogP contribution in [0.1, 0.15) is 141 Å². The van der Waals surface area contributed by atoms with Crippen molar-refractivity contribution in [2.75, 3.05) is 58.5 Å². The van der Waals surface area contributed by atoms with E-state index in [-0.39, 0.29) is 75.6 Å². The number of thioether (sulfide) groups is 2. The molecule has 0 aliphatic carbocycles. The second kappa shape index (κ2) is 44.8. The van der Waals surface area contributed by atoms with E-state index in [1.807, 2.05) is 18.2 Å². The Labute approximate surface area is 608 Å². The lowest BCUT2D eigenvalue weighted by Gasteiger charge is -2.32. The molecule has 2 aromatic rings. The molecule has 3 aliphatic heterocycles. The van der Waals surface area contributed by atoms with Crippen LogP contribution in [0, 0.1) is 11.8 Å². The van der Waals surface area contributed by atoms with Crippen LogP contribution in [-0.4, -0.2) is 222 Å². The molecule has 10 amide bonds. The first kappa shape index (κ1) is 85.1. The Hall–Kier alpha value is -8.60. The highest BCUT2D eigenvalue weighted by Crippen LogP contribution is 2.28. The van der Waals surface area contributed by atoms with Crippen molar-refractivity contribution in [3.63, 3.8) is 0 Å². The van der Waals surface area contributed by atoms with Crippen LogP contribution >= 0.6 is 23.5 Å². The number of unbranched alkanes of at least 4 members (excludes halogenated alkanes) is 1. The van der Waals surface area contributed by atoms with Crippen LogP contribution in [0.2, 0.25) is 0 Å². The maximum atomic E-state index is 15.2. The number of carboxylic acid groups (broad SMARTS) is 1. The molecule has 2 bridgehead atoms. The molecule has 0 aromatic heterocycles. The number of likely N-dealkylation sites (tertiary alicyclic amines) is 2. The van der Waals surface area contributed by atoms with Gasteiger partial charge in [-0.1, -0.05) is 51.0 Å². The summed E-state index contributed by atoms with van der Waals surface area (Å²) in [6, 6.07) is -0.992. The molecule has 0 saturated carbocycles. The van der Waals surface area contributed by atoms with E-state index in [1.54, 1.807) is 34.7 Å². The highest BCUT2D eigenvalue weighted by molar-refractivity contribution is 7.98. The number of carbonyl (C=O) groups is 13. The molecule has 3 aliphatic rings. The van der Waals surface area contributed by atoms with Crippen molar-refractivity contribution in [2.45, 2.75) is 202 Å². The van der Waals surface area contributed by atoms with Gasteiger partial charge in [-0.25, -0.2) is 4.79 Å². The third-order valence-electron chi connectivity index (χ3n) is 17.3. The first-order chi connectivity index (χ1) is 49.2. The molecule has 2 saturated heterocycles. The Bertz CT molecular complexity index is 3220. The van der Waals surface area contributed by atoms with Crippen LogP contribution in [-0.2, 0) is 94.9 Å². The van der Waals surface area contributed by atoms with E-state index in [2.05, 4.69) is 52.6 Å². The number of fused-ring (bicyclic) bond motifs is 2. The Kier molecular flexibility index (Phi) is 37.0. The summed E-state index contributed by atoms with van der Waals surface area (Å²) in [5.74, 6) is -9.15. The lowest BCUT2D eigenvalue weighted by molar-refractivity contribution is -0.255. The number of aldehydes is 1. The Morgan fingerprint density at radius 2 is 1.46 bits per heavy atom. The van der Waals surface area contributed by atoms with Gasteiger partial charge in [0.15, 0.2) is 0 Å². The number of phenols is 1. The van der Waals surface area contributed by atoms with Gasteiger partial charge in [0.25, 0.3) is 5.91 Å². The van der Waals surface area contributed by atoms with Crippen molar-refractivity contribution in [1.82, 2.24) is 52.3 Å². The van der Waals surface area contributed by atoms with E-state index in [0.29, 0.717) is 80.1 Å². The van der Waals surface area contributed by atoms with Crippen LogP contribution in [0.5, 0.6) is 11.5 Å². The number of aromatic hydroxyl groups is 1. The fourth-order valence-electron chi connectivity index (χ4n) is 11.8. The zero-order valence-corrected chi connectivity index (χ0v) is 61.1. The number of phenolic OH excluding ortho intramolecular Hbond substituents is 1. The van der Waals surface area contributed by atoms with E-state index in [0.717, 1.165) is 43.7 Å². The standard InChI is InChI=1S/C69H103N13O19S2/c1-41(2)29-50(64(92)76-52(34-59(88)101-98-6)65(93)80-60(42(3)4)69(97)82-26-14-17-56(82)67(95)78-51(33-43-18-21-47(84)22-19-43)63(91)74-46(36-83)20-23-58(86)87)77-66(94)55-16-13-25-81(55)68(96)54-40-103-38-45-30-44(37-102-39-53(72-5)61(71)89)31-48(32-45)99-27-11-7-8-12-28-100-73-35-57(85)75-49(62(90)79-54)15-9-10-24-70/h18-19,21-22,30-32,35-36,41-42,46,49-56,60,72,84H,7-17,20,23-29,33-34,37-40,70H2,1-6H3,(H2,71,89)(H,74,91)(H,75,85)(H,76,92)(H,77,94)(H,78,95)(H,79,90)(H,80,93)(H,86,87)/b73-35+/t46-,49-,50-,51-,52-,53-,54-,55-,56-,60?/m0/s1. The fourth-order valence-corrected chi connectivity index (χ4v) is 13.9. The molecule has 2 aromatic carbocycles. The number of carboxylic acids is 1. The number of aliphatic carboxylic acids is 1. The molecule has 570 valence electrons. The molecular weight excluding hydrogens is 1380 g/mol. The average Bonchev–Trinajstić information content (AvgIpc) is 1.74. The van der Waals surface area contributed by atoms with Gasteiger partial charge in [-0.05, 0) is 150 Å². The van der Waals surface area contributed by atoms with E-state index in [9.17, 15) is 67.7 Å². The van der Waals surface area contributed by atoms with Crippen LogP contribution < -0.4 is 58.7 Å². The van der Waals surface area contributed by atoms with Crippen LogP contribution in [0.25, 0.3) is 0 Å². The number of nitrogens with two attached hydrogens (primary N) is 2.